The summed E-state index contributed by atoms with van der Waals surface area (Å²) in [5, 5.41) is 14.0. The summed E-state index contributed by atoms with van der Waals surface area (Å²) in [5.41, 5.74) is 3.48. The third-order valence-electron chi connectivity index (χ3n) is 5.11. The Kier molecular flexibility index (Phi) is 8.67. The zero-order valence-electron chi connectivity index (χ0n) is 19.0. The molecule has 0 saturated heterocycles. The third kappa shape index (κ3) is 5.88. The number of aliphatic hydroxyl groups excluding tert-OH is 1. The van der Waals surface area contributed by atoms with Gasteiger partial charge in [0, 0.05) is 31.0 Å². The Hall–Kier alpha value is -2.42. The van der Waals surface area contributed by atoms with Gasteiger partial charge in [0.25, 0.3) is 0 Å². The largest absolute Gasteiger partial charge is 0.394 e. The molecule has 32 heavy (non-hydrogen) atoms. The molecular weight excluding hydrogens is 427 g/mol. The minimum Gasteiger partial charge on any atom is -0.394 e. The van der Waals surface area contributed by atoms with E-state index >= 15 is 0 Å². The van der Waals surface area contributed by atoms with Crippen LogP contribution in [0, 0.1) is 11.7 Å². The Bertz CT molecular complexity index is 1010. The quantitative estimate of drug-likeness (QED) is 0.397. The van der Waals surface area contributed by atoms with E-state index in [-0.39, 0.29) is 18.5 Å². The Balaban J connectivity index is 2.08. The molecule has 2 N–H and O–H groups in total. The first-order valence-electron chi connectivity index (χ1n) is 10.7. The normalized spacial score (nSPS) is 12.3. The van der Waals surface area contributed by atoms with Gasteiger partial charge in [0.15, 0.2) is 5.16 Å². The number of pyridine rings is 1. The van der Waals surface area contributed by atoms with Gasteiger partial charge in [-0.1, -0.05) is 25.6 Å². The summed E-state index contributed by atoms with van der Waals surface area (Å²) in [6.07, 6.45) is 4.58. The maximum absolute atomic E-state index is 13.6. The lowest BCUT2D eigenvalue weighted by atomic mass is 10.0. The molecular formula is C24H31FN4O2S. The summed E-state index contributed by atoms with van der Waals surface area (Å²) in [6.45, 7) is 5.46. The average Bonchev–Trinajstić information content (AvgIpc) is 3.16. The molecule has 6 nitrogen and oxygen atoms in total. The number of nitrogens with zero attached hydrogens (tertiary/aromatic N) is 3. The number of anilines is 1. The van der Waals surface area contributed by atoms with Crippen LogP contribution in [0.5, 0.6) is 0 Å². The van der Waals surface area contributed by atoms with Crippen molar-refractivity contribution in [2.45, 2.75) is 38.0 Å². The van der Waals surface area contributed by atoms with Gasteiger partial charge in [-0.3, -0.25) is 0 Å². The van der Waals surface area contributed by atoms with Gasteiger partial charge in [-0.05, 0) is 55.0 Å². The zero-order chi connectivity index (χ0) is 23.1. The number of thioether (sulfide) groups is 1. The third-order valence-corrected chi connectivity index (χ3v) is 5.79. The van der Waals surface area contributed by atoms with Gasteiger partial charge in [-0.25, -0.2) is 14.4 Å². The van der Waals surface area contributed by atoms with Gasteiger partial charge in [-0.2, -0.15) is 0 Å². The van der Waals surface area contributed by atoms with Crippen LogP contribution in [0.2, 0.25) is 0 Å². The van der Waals surface area contributed by atoms with Crippen molar-refractivity contribution in [3.05, 3.63) is 48.4 Å². The lowest BCUT2D eigenvalue weighted by Gasteiger charge is -2.19. The fraction of sp³-hybridized carbons (Fsp3) is 0.417. The first kappa shape index (κ1) is 24.2. The van der Waals surface area contributed by atoms with E-state index in [1.165, 1.54) is 12.1 Å². The van der Waals surface area contributed by atoms with Crippen molar-refractivity contribution in [1.82, 2.24) is 14.5 Å². The molecule has 0 aliphatic carbocycles. The Morgan fingerprint density at radius 1 is 1.19 bits per heavy atom. The van der Waals surface area contributed by atoms with Crippen molar-refractivity contribution in [2.24, 2.45) is 5.92 Å². The first-order valence-corrected chi connectivity index (χ1v) is 11.9. The highest BCUT2D eigenvalue weighted by atomic mass is 32.2. The van der Waals surface area contributed by atoms with Crippen LogP contribution in [0.15, 0.2) is 47.8 Å². The average molecular weight is 459 g/mol. The highest BCUT2D eigenvalue weighted by Gasteiger charge is 2.21. The monoisotopic (exact) mass is 458 g/mol. The SMILES string of the molecule is COCCn1c(SC)nc(-c2ccc(F)cc2)c1-c1ccnc(N[C@H](CO)CC(C)C)c1. The van der Waals surface area contributed by atoms with E-state index in [9.17, 15) is 9.50 Å². The Labute approximate surface area is 193 Å². The van der Waals surface area contributed by atoms with Crippen molar-refractivity contribution in [3.63, 3.8) is 0 Å². The van der Waals surface area contributed by atoms with Gasteiger partial charge in [0.1, 0.15) is 11.6 Å². The molecule has 0 spiro atoms. The number of hydrogen-bond acceptors (Lipinski definition) is 6. The van der Waals surface area contributed by atoms with Crippen LogP contribution in [0.4, 0.5) is 10.2 Å². The van der Waals surface area contributed by atoms with Crippen molar-refractivity contribution >= 4 is 17.6 Å². The number of aromatic nitrogens is 3. The molecule has 0 aliphatic rings. The van der Waals surface area contributed by atoms with E-state index in [0.29, 0.717) is 24.9 Å². The van der Waals surface area contributed by atoms with E-state index in [1.807, 2.05) is 18.4 Å². The van der Waals surface area contributed by atoms with Gasteiger partial charge < -0.3 is 19.7 Å². The molecule has 1 atom stereocenters. The predicted octanol–water partition coefficient (Wildman–Crippen LogP) is 4.94. The molecule has 8 heteroatoms. The molecule has 3 aromatic rings. The molecule has 0 amide bonds. The van der Waals surface area contributed by atoms with E-state index < -0.39 is 0 Å². The number of aliphatic hydroxyl groups is 1. The minimum atomic E-state index is -0.283. The van der Waals surface area contributed by atoms with Gasteiger partial charge >= 0.3 is 0 Å². The molecule has 0 bridgehead atoms. The first-order chi connectivity index (χ1) is 15.5. The molecule has 2 aromatic heterocycles. The van der Waals surface area contributed by atoms with Crippen molar-refractivity contribution in [3.8, 4) is 22.5 Å². The van der Waals surface area contributed by atoms with E-state index in [2.05, 4.69) is 28.7 Å². The zero-order valence-corrected chi connectivity index (χ0v) is 19.8. The van der Waals surface area contributed by atoms with E-state index in [1.54, 1.807) is 37.2 Å². The highest BCUT2D eigenvalue weighted by molar-refractivity contribution is 7.98. The van der Waals surface area contributed by atoms with Gasteiger partial charge in [0.2, 0.25) is 0 Å². The van der Waals surface area contributed by atoms with Crippen LogP contribution in [-0.2, 0) is 11.3 Å². The molecule has 0 unspecified atom stereocenters. The summed E-state index contributed by atoms with van der Waals surface area (Å²) in [6, 6.07) is 10.2. The van der Waals surface area contributed by atoms with E-state index in [0.717, 1.165) is 34.1 Å². The fourth-order valence-corrected chi connectivity index (χ4v) is 4.28. The predicted molar refractivity (Wildman–Crippen MR) is 128 cm³/mol. The van der Waals surface area contributed by atoms with Gasteiger partial charge in [0.05, 0.1) is 30.6 Å². The lowest BCUT2D eigenvalue weighted by molar-refractivity contribution is 0.185. The van der Waals surface area contributed by atoms with Crippen LogP contribution in [0.3, 0.4) is 0 Å². The molecule has 0 fully saturated rings. The van der Waals surface area contributed by atoms with Crippen LogP contribution >= 0.6 is 11.8 Å². The minimum absolute atomic E-state index is 0.0350. The molecule has 0 radical (unpaired) electrons. The number of rotatable bonds is 11. The van der Waals surface area contributed by atoms with Crippen LogP contribution in [0.25, 0.3) is 22.5 Å². The van der Waals surface area contributed by atoms with Crippen LogP contribution in [0.1, 0.15) is 20.3 Å². The smallest absolute Gasteiger partial charge is 0.168 e. The highest BCUT2D eigenvalue weighted by Crippen LogP contribution is 2.36. The maximum Gasteiger partial charge on any atom is 0.168 e. The van der Waals surface area contributed by atoms with E-state index in [4.69, 9.17) is 9.72 Å². The number of nitrogens with one attached hydrogen (secondary N) is 1. The maximum atomic E-state index is 13.6. The molecule has 2 heterocycles. The molecule has 3 rings (SSSR count). The van der Waals surface area contributed by atoms with Crippen molar-refractivity contribution in [2.75, 3.05) is 31.9 Å². The second-order valence-corrected chi connectivity index (χ2v) is 8.80. The summed E-state index contributed by atoms with van der Waals surface area (Å²) in [4.78, 5) is 9.33. The summed E-state index contributed by atoms with van der Waals surface area (Å²) < 4.78 is 21.0. The van der Waals surface area contributed by atoms with Crippen molar-refractivity contribution in [1.29, 1.82) is 0 Å². The van der Waals surface area contributed by atoms with Crippen LogP contribution in [-0.4, -0.2) is 52.3 Å². The lowest BCUT2D eigenvalue weighted by Crippen LogP contribution is -2.26. The Morgan fingerprint density at radius 3 is 2.56 bits per heavy atom. The number of benzene rings is 1. The molecule has 1 aromatic carbocycles. The molecule has 0 aliphatic heterocycles. The summed E-state index contributed by atoms with van der Waals surface area (Å²) in [5.74, 6) is 0.861. The Morgan fingerprint density at radius 2 is 1.94 bits per heavy atom. The fourth-order valence-electron chi connectivity index (χ4n) is 3.69. The summed E-state index contributed by atoms with van der Waals surface area (Å²) >= 11 is 1.56. The topological polar surface area (TPSA) is 72.2 Å². The number of halogens is 1. The second kappa shape index (κ2) is 11.4. The summed E-state index contributed by atoms with van der Waals surface area (Å²) in [7, 11) is 1.68. The van der Waals surface area contributed by atoms with Crippen LogP contribution < -0.4 is 5.32 Å². The van der Waals surface area contributed by atoms with Gasteiger partial charge in [-0.15, -0.1) is 0 Å². The molecule has 0 saturated carbocycles. The van der Waals surface area contributed by atoms with Crippen molar-refractivity contribution < 1.29 is 14.2 Å². The standard InChI is InChI=1S/C24H31FN4O2S/c1-16(2)13-20(15-30)27-21-14-18(9-10-26-21)23-22(17-5-7-19(25)8-6-17)28-24(32-4)29(23)11-12-31-3/h5-10,14,16,20,30H,11-13,15H2,1-4H3,(H,26,27)/t20-/m0/s1. The number of methoxy groups -OCH3 is 1. The number of ether oxygens (including phenoxy) is 1. The number of hydrogen-bond donors (Lipinski definition) is 2. The second-order valence-electron chi connectivity index (χ2n) is 8.03. The number of imidazole rings is 1. The molecule has 172 valence electrons.